The van der Waals surface area contributed by atoms with Crippen LogP contribution in [-0.4, -0.2) is 76.6 Å². The molecule has 0 radical (unpaired) electrons. The van der Waals surface area contributed by atoms with Gasteiger partial charge in [-0.3, -0.25) is 24.5 Å². The minimum atomic E-state index is -0.237. The lowest BCUT2D eigenvalue weighted by Crippen LogP contribution is -2.44. The van der Waals surface area contributed by atoms with Crippen molar-refractivity contribution in [3.05, 3.63) is 92.9 Å². The molecule has 3 aromatic rings. The molecule has 4 heterocycles. The van der Waals surface area contributed by atoms with Crippen LogP contribution in [0.15, 0.2) is 59.5 Å². The van der Waals surface area contributed by atoms with E-state index in [-0.39, 0.29) is 35.2 Å². The van der Waals surface area contributed by atoms with Crippen LogP contribution in [-0.2, 0) is 16.6 Å². The summed E-state index contributed by atoms with van der Waals surface area (Å²) >= 11 is 0. The minimum absolute atomic E-state index is 0.0834. The van der Waals surface area contributed by atoms with E-state index in [1.54, 1.807) is 13.2 Å². The quantitative estimate of drug-likeness (QED) is 0.349. The van der Waals surface area contributed by atoms with Crippen molar-refractivity contribution in [2.45, 2.75) is 88.5 Å². The predicted octanol–water partition coefficient (Wildman–Crippen LogP) is 5.09. The first-order valence-electron chi connectivity index (χ1n) is 18.4. The van der Waals surface area contributed by atoms with E-state index >= 15 is 0 Å². The van der Waals surface area contributed by atoms with Gasteiger partial charge in [-0.2, -0.15) is 5.10 Å². The summed E-state index contributed by atoms with van der Waals surface area (Å²) in [7, 11) is 3.80. The highest BCUT2D eigenvalue weighted by Gasteiger charge is 2.39. The van der Waals surface area contributed by atoms with Gasteiger partial charge in [0.2, 0.25) is 11.8 Å². The summed E-state index contributed by atoms with van der Waals surface area (Å²) in [5.74, 6) is 0.382. The fourth-order valence-corrected chi connectivity index (χ4v) is 9.02. The minimum Gasteiger partial charge on any atom is -0.379 e. The van der Waals surface area contributed by atoms with Gasteiger partial charge in [-0.1, -0.05) is 36.4 Å². The lowest BCUT2D eigenvalue weighted by molar-refractivity contribution is -0.134. The second kappa shape index (κ2) is 14.1. The first-order valence-corrected chi connectivity index (χ1v) is 18.4. The first-order chi connectivity index (χ1) is 24.1. The average molecular weight is 679 g/mol. The van der Waals surface area contributed by atoms with Crippen molar-refractivity contribution in [1.29, 1.82) is 0 Å². The van der Waals surface area contributed by atoms with Crippen LogP contribution in [0, 0.1) is 12.3 Å². The number of rotatable bonds is 6. The van der Waals surface area contributed by atoms with Gasteiger partial charge in [0.25, 0.3) is 11.5 Å². The molecule has 3 amide bonds. The summed E-state index contributed by atoms with van der Waals surface area (Å²) in [4.78, 5) is 54.2. The number of carbonyl (C=O) groups excluding carboxylic acids is 3. The van der Waals surface area contributed by atoms with E-state index in [1.807, 2.05) is 19.1 Å². The van der Waals surface area contributed by atoms with Gasteiger partial charge in [-0.15, -0.1) is 0 Å². The fraction of sp³-hybridized carbons (Fsp3) is 0.525. The third kappa shape index (κ3) is 7.13. The molecule has 2 N–H and O–H groups in total. The van der Waals surface area contributed by atoms with E-state index < -0.39 is 0 Å². The Hall–Kier alpha value is -4.31. The molecule has 4 fully saturated rings. The van der Waals surface area contributed by atoms with E-state index in [1.165, 1.54) is 28.7 Å². The molecule has 10 nitrogen and oxygen atoms in total. The second-order valence-electron chi connectivity index (χ2n) is 15.5. The van der Waals surface area contributed by atoms with Crippen LogP contribution in [0.2, 0.25) is 0 Å². The van der Waals surface area contributed by atoms with E-state index in [0.717, 1.165) is 75.1 Å². The summed E-state index contributed by atoms with van der Waals surface area (Å²) in [5.41, 5.74) is 6.04. The Morgan fingerprint density at radius 1 is 0.840 bits per heavy atom. The maximum atomic E-state index is 13.6. The second-order valence-corrected chi connectivity index (χ2v) is 15.5. The molecule has 3 atom stereocenters. The van der Waals surface area contributed by atoms with Gasteiger partial charge in [-0.05, 0) is 111 Å². The summed E-state index contributed by atoms with van der Waals surface area (Å²) in [5, 5.41) is 10.2. The molecule has 1 aromatic heterocycles. The van der Waals surface area contributed by atoms with Crippen molar-refractivity contribution in [2.24, 2.45) is 12.5 Å². The number of aromatic nitrogens is 2. The number of hydrogen-bond donors (Lipinski definition) is 2. The Kier molecular flexibility index (Phi) is 9.65. The molecule has 2 aromatic carbocycles. The standard InChI is InChI=1S/C40H50N6O4/c1-26-35(23-41-45(3)38(26)49)42-33-22-32(24-44(2)25-33)28-6-10-31(11-7-28)39(50)46-20-18-40(19-21-46)16-14-29(15-17-40)27-4-8-30(9-5-27)34-12-13-36(47)43-37(34)48/h4-11,23,29,32-34,42H,12-22,24-25H2,1-3H3,(H,43,47,48). The molecule has 3 unspecified atom stereocenters. The molecule has 50 heavy (non-hydrogen) atoms. The molecule has 1 spiro atoms. The van der Waals surface area contributed by atoms with Crippen molar-refractivity contribution in [1.82, 2.24) is 24.9 Å². The van der Waals surface area contributed by atoms with E-state index in [0.29, 0.717) is 35.7 Å². The average Bonchev–Trinajstić information content (AvgIpc) is 3.12. The number of nitrogens with zero attached hydrogens (tertiary/aromatic N) is 4. The highest BCUT2D eigenvalue weighted by molar-refractivity contribution is 6.01. The fourth-order valence-electron chi connectivity index (χ4n) is 9.02. The van der Waals surface area contributed by atoms with Crippen molar-refractivity contribution >= 4 is 23.4 Å². The number of aryl methyl sites for hydroxylation is 1. The zero-order valence-electron chi connectivity index (χ0n) is 29.6. The van der Waals surface area contributed by atoms with Crippen molar-refractivity contribution in [2.75, 3.05) is 38.5 Å². The Morgan fingerprint density at radius 3 is 2.16 bits per heavy atom. The SMILES string of the molecule is Cc1c(NC2CC(c3ccc(C(=O)N4CCC5(CCC(c6ccc(C7CCC(=O)NC7=O)cc6)CC5)CC4)cc3)CN(C)C2)cnn(C)c1=O. The van der Waals surface area contributed by atoms with Crippen LogP contribution in [0.25, 0.3) is 0 Å². The number of likely N-dealkylation sites (tertiary alicyclic amines) is 2. The number of nitrogens with one attached hydrogen (secondary N) is 2. The Bertz CT molecular complexity index is 1780. The largest absolute Gasteiger partial charge is 0.379 e. The highest BCUT2D eigenvalue weighted by atomic mass is 16.2. The lowest BCUT2D eigenvalue weighted by atomic mass is 9.64. The van der Waals surface area contributed by atoms with Crippen molar-refractivity contribution in [3.63, 3.8) is 0 Å². The van der Waals surface area contributed by atoms with Gasteiger partial charge in [-0.25, -0.2) is 4.68 Å². The third-order valence-corrected chi connectivity index (χ3v) is 12.2. The molecule has 4 aliphatic rings. The molecule has 3 aliphatic heterocycles. The zero-order valence-corrected chi connectivity index (χ0v) is 29.6. The summed E-state index contributed by atoms with van der Waals surface area (Å²) in [6, 6.07) is 17.0. The number of carbonyl (C=O) groups is 3. The van der Waals surface area contributed by atoms with Crippen LogP contribution in [0.4, 0.5) is 5.69 Å². The number of piperidine rings is 3. The van der Waals surface area contributed by atoms with Gasteiger partial charge in [0, 0.05) is 56.8 Å². The van der Waals surface area contributed by atoms with Crippen LogP contribution in [0.3, 0.4) is 0 Å². The zero-order chi connectivity index (χ0) is 35.0. The Labute approximate surface area is 294 Å². The van der Waals surface area contributed by atoms with Crippen LogP contribution in [0.5, 0.6) is 0 Å². The van der Waals surface area contributed by atoms with Gasteiger partial charge < -0.3 is 15.1 Å². The predicted molar refractivity (Wildman–Crippen MR) is 193 cm³/mol. The molecule has 10 heteroatoms. The van der Waals surface area contributed by atoms with E-state index in [4.69, 9.17) is 0 Å². The number of imide groups is 1. The molecule has 3 saturated heterocycles. The first kappa shape index (κ1) is 34.2. The maximum absolute atomic E-state index is 13.6. The third-order valence-electron chi connectivity index (χ3n) is 12.2. The van der Waals surface area contributed by atoms with Crippen molar-refractivity contribution in [3.8, 4) is 0 Å². The normalized spacial score (nSPS) is 24.6. The molecule has 7 rings (SSSR count). The topological polar surface area (TPSA) is 117 Å². The summed E-state index contributed by atoms with van der Waals surface area (Å²) in [6.07, 6.45) is 10.5. The van der Waals surface area contributed by atoms with Crippen LogP contribution in [0.1, 0.15) is 108 Å². The number of amides is 3. The molecule has 264 valence electrons. The molecular weight excluding hydrogens is 628 g/mol. The molecule has 0 bridgehead atoms. The van der Waals surface area contributed by atoms with Crippen LogP contribution < -0.4 is 16.2 Å². The Morgan fingerprint density at radius 2 is 1.48 bits per heavy atom. The van der Waals surface area contributed by atoms with Gasteiger partial charge in [0.1, 0.15) is 0 Å². The Balaban J connectivity index is 0.901. The maximum Gasteiger partial charge on any atom is 0.271 e. The monoisotopic (exact) mass is 678 g/mol. The van der Waals surface area contributed by atoms with Gasteiger partial charge in [0.15, 0.2) is 0 Å². The molecule has 1 saturated carbocycles. The molecule has 1 aliphatic carbocycles. The summed E-state index contributed by atoms with van der Waals surface area (Å²) < 4.78 is 1.36. The number of anilines is 1. The van der Waals surface area contributed by atoms with Crippen LogP contribution >= 0.6 is 0 Å². The summed E-state index contributed by atoms with van der Waals surface area (Å²) in [6.45, 7) is 5.29. The van der Waals surface area contributed by atoms with Gasteiger partial charge in [0.05, 0.1) is 17.8 Å². The number of likely N-dealkylation sites (N-methyl/N-ethyl adjacent to an activating group) is 1. The van der Waals surface area contributed by atoms with E-state index in [2.05, 4.69) is 69.0 Å². The number of benzene rings is 2. The highest BCUT2D eigenvalue weighted by Crippen LogP contribution is 2.49. The molecular formula is C40H50N6O4. The van der Waals surface area contributed by atoms with E-state index in [9.17, 15) is 19.2 Å². The number of hydrogen-bond acceptors (Lipinski definition) is 7. The van der Waals surface area contributed by atoms with Crippen molar-refractivity contribution < 1.29 is 14.4 Å². The lowest BCUT2D eigenvalue weighted by Gasteiger charge is -2.46. The van der Waals surface area contributed by atoms with Gasteiger partial charge >= 0.3 is 0 Å². The smallest absolute Gasteiger partial charge is 0.271 e.